The number of benzene rings is 6. The summed E-state index contributed by atoms with van der Waals surface area (Å²) in [4.78, 5) is 82.0. The number of nitrogens with two attached hydrogens (primary N) is 6. The van der Waals surface area contributed by atoms with Crippen LogP contribution in [0.15, 0.2) is 164 Å². The lowest BCUT2D eigenvalue weighted by Gasteiger charge is -2.32. The molecule has 0 bridgehead atoms. The van der Waals surface area contributed by atoms with Gasteiger partial charge in [-0.1, -0.05) is 127 Å². The molecule has 6 aromatic carbocycles. The highest BCUT2D eigenvalue weighted by Gasteiger charge is 2.33. The number of hydrogen-bond acceptors (Lipinski definition) is 12. The summed E-state index contributed by atoms with van der Waals surface area (Å²) < 4.78 is 0. The average Bonchev–Trinajstić information content (AvgIpc) is 1.63. The highest BCUT2D eigenvalue weighted by molar-refractivity contribution is 5.99. The number of amides is 6. The molecule has 6 rings (SSSR count). The molecule has 6 aromatic rings. The van der Waals surface area contributed by atoms with Crippen LogP contribution in [-0.4, -0.2) is 91.3 Å². The van der Waals surface area contributed by atoms with Crippen molar-refractivity contribution in [3.63, 3.8) is 0 Å². The zero-order valence-electron chi connectivity index (χ0n) is 48.0. The maximum absolute atomic E-state index is 14.0. The van der Waals surface area contributed by atoms with E-state index in [0.29, 0.717) is 114 Å². The molecule has 0 spiro atoms. The Morgan fingerprint density at radius 1 is 0.357 bits per heavy atom. The molecule has 0 saturated carbocycles. The third-order valence-electron chi connectivity index (χ3n) is 14.8. The summed E-state index contributed by atoms with van der Waals surface area (Å²) in [5.41, 5.74) is 42.2. The summed E-state index contributed by atoms with van der Waals surface area (Å²) in [7, 11) is 0. The number of hydrogen-bond donors (Lipinski definition) is 12. The van der Waals surface area contributed by atoms with E-state index in [1.54, 1.807) is 36.4 Å². The van der Waals surface area contributed by atoms with E-state index in [1.807, 2.05) is 134 Å². The van der Waals surface area contributed by atoms with Crippen molar-refractivity contribution in [2.24, 2.45) is 34.4 Å². The van der Waals surface area contributed by atoms with Crippen molar-refractivity contribution < 1.29 is 28.8 Å². The molecule has 0 heterocycles. The molecular weight excluding hydrogens is 1080 g/mol. The first-order chi connectivity index (χ1) is 40.1. The van der Waals surface area contributed by atoms with Crippen molar-refractivity contribution in [1.29, 1.82) is 0 Å². The van der Waals surface area contributed by atoms with E-state index in [1.165, 1.54) is 0 Å². The number of halogens is 1. The maximum Gasteiger partial charge on any atom is 0.246 e. The van der Waals surface area contributed by atoms with Gasteiger partial charge in [0.25, 0.3) is 0 Å². The molecule has 448 valence electrons. The highest BCUT2D eigenvalue weighted by Crippen LogP contribution is 2.40. The Bertz CT molecular complexity index is 2660. The number of rotatable bonds is 33. The summed E-state index contributed by atoms with van der Waals surface area (Å²) >= 11 is 0. The lowest BCUT2D eigenvalue weighted by molar-refractivity contribution is -0.127. The van der Waals surface area contributed by atoms with Gasteiger partial charge in [-0.2, -0.15) is 0 Å². The van der Waals surface area contributed by atoms with Crippen LogP contribution in [-0.2, 0) is 53.4 Å². The fourth-order valence-corrected chi connectivity index (χ4v) is 9.85. The summed E-state index contributed by atoms with van der Waals surface area (Å²) in [5.74, 6) is -2.52. The van der Waals surface area contributed by atoms with E-state index in [-0.39, 0.29) is 12.4 Å². The van der Waals surface area contributed by atoms with Crippen LogP contribution in [0, 0.1) is 0 Å². The third-order valence-corrected chi connectivity index (χ3v) is 14.8. The number of nitrogens with one attached hydrogen (secondary N) is 6. The third kappa shape index (κ3) is 20.5. The minimum absolute atomic E-state index is 0. The predicted octanol–water partition coefficient (Wildman–Crippen LogP) is 5.83. The topological polar surface area (TPSA) is 331 Å². The highest BCUT2D eigenvalue weighted by atomic mass is 35.5. The second kappa shape index (κ2) is 34.7. The molecule has 19 heteroatoms. The molecule has 6 amide bonds. The fourth-order valence-electron chi connectivity index (χ4n) is 9.85. The Balaban J connectivity index is 0.0000129. The van der Waals surface area contributed by atoms with E-state index in [2.05, 4.69) is 31.9 Å². The molecule has 0 saturated heterocycles. The van der Waals surface area contributed by atoms with Gasteiger partial charge in [-0.3, -0.25) is 28.8 Å². The fraction of sp³-hybridized carbons (Fsp3) is 0.354. The van der Waals surface area contributed by atoms with Gasteiger partial charge in [0.15, 0.2) is 0 Å². The second-order valence-corrected chi connectivity index (χ2v) is 21.3. The van der Waals surface area contributed by atoms with Crippen LogP contribution in [0.2, 0.25) is 0 Å². The van der Waals surface area contributed by atoms with Gasteiger partial charge in [0.05, 0.1) is 18.1 Å². The van der Waals surface area contributed by atoms with Crippen LogP contribution in [0.25, 0.3) is 0 Å². The van der Waals surface area contributed by atoms with Gasteiger partial charge in [0.1, 0.15) is 18.1 Å². The van der Waals surface area contributed by atoms with Gasteiger partial charge in [0.2, 0.25) is 35.4 Å². The molecule has 0 fully saturated rings. The van der Waals surface area contributed by atoms with Crippen LogP contribution < -0.4 is 66.3 Å². The minimum Gasteiger partial charge on any atom is -0.343 e. The van der Waals surface area contributed by atoms with Crippen LogP contribution >= 0.6 is 12.4 Å². The Kier molecular flexibility index (Phi) is 27.7. The SMILES string of the molecule is CC(c1ccc(NC(=O)[C@H](CCCCN)NC(=O)[C@@H](N)Cc2ccccc2)cc1)(c1ccc(NC(=O)[C@H](CCCCN)NC(=O)[C@@H](N)Cc2ccccc2)cc1)c1ccc(NC(=O)[C@H](CCCCN)NC(=O)[C@@H](N)Cc2ccccc2)cc1.Cl. The quantitative estimate of drug-likeness (QED) is 0.0171. The molecule has 0 aliphatic heterocycles. The first-order valence-corrected chi connectivity index (χ1v) is 28.8. The van der Waals surface area contributed by atoms with Gasteiger partial charge in [-0.25, -0.2) is 0 Å². The van der Waals surface area contributed by atoms with Crippen LogP contribution in [0.5, 0.6) is 0 Å². The smallest absolute Gasteiger partial charge is 0.246 e. The molecule has 6 atom stereocenters. The number of carbonyl (C=O) groups excluding carboxylic acids is 6. The standard InChI is InChI=1S/C65H84N12O6.ClH/c1-65(47-26-32-50(33-27-47)72-62(81)56(23-11-14-38-66)75-59(78)53(69)41-44-17-5-2-6-18-44,48-28-34-51(35-29-48)73-63(82)57(24-12-15-39-67)76-60(79)54(70)42-45-19-7-3-8-20-45)49-30-36-52(37-31-49)74-64(83)58(25-13-16-40-68)77-61(80)55(71)43-46-21-9-4-10-22-46;/h2-10,17-22,26-37,53-58H,11-16,23-25,38-43,66-71H2,1H3,(H,72,81)(H,73,82)(H,74,83)(H,75,78)(H,76,79)(H,77,80);1H/t53-,54-,55-,56-,57-,58-;/m0./s1. The van der Waals surface area contributed by atoms with Crippen molar-refractivity contribution >= 4 is 64.9 Å². The minimum atomic E-state index is -0.886. The Labute approximate surface area is 500 Å². The van der Waals surface area contributed by atoms with E-state index in [9.17, 15) is 28.8 Å². The Hall–Kier alpha value is -7.81. The van der Waals surface area contributed by atoms with Crippen LogP contribution in [0.1, 0.15) is 98.1 Å². The average molecular weight is 1170 g/mol. The molecule has 0 aliphatic rings. The van der Waals surface area contributed by atoms with Crippen molar-refractivity contribution in [2.75, 3.05) is 35.6 Å². The summed E-state index contributed by atoms with van der Waals surface area (Å²) in [6, 6.07) is 45.3. The Morgan fingerprint density at radius 2 is 0.595 bits per heavy atom. The van der Waals surface area contributed by atoms with E-state index in [0.717, 1.165) is 33.4 Å². The number of anilines is 3. The molecular formula is C65H85ClN12O6. The first kappa shape index (κ1) is 67.0. The zero-order valence-corrected chi connectivity index (χ0v) is 48.8. The van der Waals surface area contributed by atoms with Crippen molar-refractivity contribution in [3.05, 3.63) is 197 Å². The number of unbranched alkanes of at least 4 members (excludes halogenated alkanes) is 3. The molecule has 0 radical (unpaired) electrons. The van der Waals surface area contributed by atoms with Gasteiger partial charge in [-0.05, 0) is 173 Å². The predicted molar refractivity (Wildman–Crippen MR) is 337 cm³/mol. The van der Waals surface area contributed by atoms with E-state index >= 15 is 0 Å². The zero-order chi connectivity index (χ0) is 59.6. The molecule has 0 aliphatic carbocycles. The summed E-state index contributed by atoms with van der Waals surface area (Å²) in [5, 5.41) is 17.6. The lowest BCUT2D eigenvalue weighted by Crippen LogP contribution is -2.50. The van der Waals surface area contributed by atoms with Crippen molar-refractivity contribution in [3.8, 4) is 0 Å². The normalized spacial score (nSPS) is 13.3. The molecule has 0 unspecified atom stereocenters. The second-order valence-electron chi connectivity index (χ2n) is 21.3. The molecule has 18 nitrogen and oxygen atoms in total. The molecule has 18 N–H and O–H groups in total. The van der Waals surface area contributed by atoms with Gasteiger partial charge in [-0.15, -0.1) is 12.4 Å². The van der Waals surface area contributed by atoms with Gasteiger partial charge >= 0.3 is 0 Å². The van der Waals surface area contributed by atoms with E-state index < -0.39 is 77.1 Å². The largest absolute Gasteiger partial charge is 0.343 e. The van der Waals surface area contributed by atoms with Gasteiger partial charge in [0, 0.05) is 22.5 Å². The Morgan fingerprint density at radius 3 is 0.821 bits per heavy atom. The summed E-state index contributed by atoms with van der Waals surface area (Å²) in [6.07, 6.45) is 5.82. The molecule has 0 aromatic heterocycles. The number of carbonyl (C=O) groups is 6. The van der Waals surface area contributed by atoms with Crippen LogP contribution in [0.4, 0.5) is 17.1 Å². The molecule has 84 heavy (non-hydrogen) atoms. The van der Waals surface area contributed by atoms with E-state index in [4.69, 9.17) is 34.4 Å². The van der Waals surface area contributed by atoms with Crippen LogP contribution in [0.3, 0.4) is 0 Å². The van der Waals surface area contributed by atoms with Crippen molar-refractivity contribution in [2.45, 2.75) is 126 Å². The summed E-state index contributed by atoms with van der Waals surface area (Å²) in [6.45, 7) is 3.36. The maximum atomic E-state index is 14.0. The monoisotopic (exact) mass is 1160 g/mol. The lowest BCUT2D eigenvalue weighted by atomic mass is 9.71. The first-order valence-electron chi connectivity index (χ1n) is 28.8. The van der Waals surface area contributed by atoms with Gasteiger partial charge < -0.3 is 66.3 Å². The van der Waals surface area contributed by atoms with Crippen molar-refractivity contribution in [1.82, 2.24) is 16.0 Å².